The van der Waals surface area contributed by atoms with Gasteiger partial charge in [-0.3, -0.25) is 10.2 Å². The van der Waals surface area contributed by atoms with Crippen LogP contribution in [0.1, 0.15) is 46.0 Å². The van der Waals surface area contributed by atoms with Gasteiger partial charge in [-0.25, -0.2) is 9.80 Å². The average Bonchev–Trinajstić information content (AvgIpc) is 2.29. The van der Waals surface area contributed by atoms with Crippen molar-refractivity contribution in [3.05, 3.63) is 0 Å². The number of hydrazine groups is 1. The zero-order valence-corrected chi connectivity index (χ0v) is 11.1. The molecule has 18 heavy (non-hydrogen) atoms. The van der Waals surface area contributed by atoms with Crippen LogP contribution in [0.2, 0.25) is 0 Å². The zero-order chi connectivity index (χ0) is 13.5. The summed E-state index contributed by atoms with van der Waals surface area (Å²) in [6.45, 7) is 4.58. The SMILES string of the molecule is CC1CCCC(C)N1NC(=O)NCCCC(=O)O. The minimum Gasteiger partial charge on any atom is -0.481 e. The molecule has 1 rings (SSSR count). The van der Waals surface area contributed by atoms with Gasteiger partial charge in [-0.15, -0.1) is 0 Å². The Morgan fingerprint density at radius 2 is 1.89 bits per heavy atom. The van der Waals surface area contributed by atoms with Gasteiger partial charge < -0.3 is 10.4 Å². The smallest absolute Gasteiger partial charge is 0.329 e. The molecule has 2 atom stereocenters. The fourth-order valence-corrected chi connectivity index (χ4v) is 2.24. The molecule has 0 bridgehead atoms. The Labute approximate surface area is 108 Å². The summed E-state index contributed by atoms with van der Waals surface area (Å²) < 4.78 is 0. The number of piperidine rings is 1. The Kier molecular flexibility index (Phi) is 5.91. The second kappa shape index (κ2) is 7.20. The molecule has 1 fully saturated rings. The van der Waals surface area contributed by atoms with Crippen molar-refractivity contribution in [2.45, 2.75) is 58.0 Å². The Morgan fingerprint density at radius 3 is 2.44 bits per heavy atom. The number of carbonyl (C=O) groups is 2. The number of carbonyl (C=O) groups excluding carboxylic acids is 1. The lowest BCUT2D eigenvalue weighted by Gasteiger charge is -2.38. The molecule has 104 valence electrons. The lowest BCUT2D eigenvalue weighted by molar-refractivity contribution is -0.137. The highest BCUT2D eigenvalue weighted by Gasteiger charge is 2.25. The van der Waals surface area contributed by atoms with E-state index in [1.807, 2.05) is 5.01 Å². The molecule has 0 aromatic heterocycles. The normalized spacial score (nSPS) is 24.6. The largest absolute Gasteiger partial charge is 0.481 e. The molecule has 0 aromatic carbocycles. The molecule has 0 spiro atoms. The molecule has 6 nitrogen and oxygen atoms in total. The minimum atomic E-state index is -0.838. The van der Waals surface area contributed by atoms with Gasteiger partial charge in [-0.2, -0.15) is 0 Å². The molecule has 0 radical (unpaired) electrons. The lowest BCUT2D eigenvalue weighted by atomic mass is 10.00. The maximum atomic E-state index is 11.6. The lowest BCUT2D eigenvalue weighted by Crippen LogP contribution is -2.56. The van der Waals surface area contributed by atoms with Gasteiger partial charge in [0.25, 0.3) is 0 Å². The van der Waals surface area contributed by atoms with Crippen molar-refractivity contribution in [1.29, 1.82) is 0 Å². The van der Waals surface area contributed by atoms with E-state index in [4.69, 9.17) is 5.11 Å². The molecule has 0 aromatic rings. The van der Waals surface area contributed by atoms with Crippen LogP contribution in [0.3, 0.4) is 0 Å². The summed E-state index contributed by atoms with van der Waals surface area (Å²) in [5, 5.41) is 13.1. The van der Waals surface area contributed by atoms with Crippen molar-refractivity contribution in [2.75, 3.05) is 6.54 Å². The Balaban J connectivity index is 2.24. The average molecular weight is 257 g/mol. The van der Waals surface area contributed by atoms with Crippen molar-refractivity contribution >= 4 is 12.0 Å². The zero-order valence-electron chi connectivity index (χ0n) is 11.1. The van der Waals surface area contributed by atoms with Crippen LogP contribution in [0.4, 0.5) is 4.79 Å². The number of urea groups is 1. The van der Waals surface area contributed by atoms with E-state index in [1.54, 1.807) is 0 Å². The van der Waals surface area contributed by atoms with Gasteiger partial charge in [-0.1, -0.05) is 6.42 Å². The summed E-state index contributed by atoms with van der Waals surface area (Å²) in [5.41, 5.74) is 2.84. The Hall–Kier alpha value is -1.30. The Bertz CT molecular complexity index is 286. The van der Waals surface area contributed by atoms with Crippen LogP contribution in [0.15, 0.2) is 0 Å². The summed E-state index contributed by atoms with van der Waals surface area (Å²) in [4.78, 5) is 21.9. The highest BCUT2D eigenvalue weighted by molar-refractivity contribution is 5.73. The molecule has 0 aliphatic carbocycles. The van der Waals surface area contributed by atoms with E-state index in [0.717, 1.165) is 12.8 Å². The van der Waals surface area contributed by atoms with Crippen LogP contribution in [-0.2, 0) is 4.79 Å². The third-order valence-corrected chi connectivity index (χ3v) is 3.28. The van der Waals surface area contributed by atoms with E-state index in [2.05, 4.69) is 24.6 Å². The second-order valence-corrected chi connectivity index (χ2v) is 4.90. The number of nitrogens with one attached hydrogen (secondary N) is 2. The fourth-order valence-electron chi connectivity index (χ4n) is 2.24. The van der Waals surface area contributed by atoms with E-state index >= 15 is 0 Å². The summed E-state index contributed by atoms with van der Waals surface area (Å²) in [5.74, 6) is -0.838. The summed E-state index contributed by atoms with van der Waals surface area (Å²) in [6.07, 6.45) is 3.90. The molecular weight excluding hydrogens is 234 g/mol. The predicted molar refractivity (Wildman–Crippen MR) is 68.0 cm³/mol. The molecule has 6 heteroatoms. The number of carboxylic acids is 1. The second-order valence-electron chi connectivity index (χ2n) is 4.90. The molecule has 3 N–H and O–H groups in total. The van der Waals surface area contributed by atoms with Crippen LogP contribution in [-0.4, -0.2) is 40.7 Å². The first-order valence-corrected chi connectivity index (χ1v) is 6.55. The highest BCUT2D eigenvalue weighted by Crippen LogP contribution is 2.19. The molecular formula is C12H23N3O3. The van der Waals surface area contributed by atoms with Crippen molar-refractivity contribution in [1.82, 2.24) is 15.8 Å². The maximum absolute atomic E-state index is 11.6. The highest BCUT2D eigenvalue weighted by atomic mass is 16.4. The number of rotatable bonds is 5. The first kappa shape index (κ1) is 14.8. The predicted octanol–water partition coefficient (Wildman–Crippen LogP) is 1.33. The molecule has 1 aliphatic heterocycles. The van der Waals surface area contributed by atoms with E-state index in [0.29, 0.717) is 25.0 Å². The number of aliphatic carboxylic acids is 1. The van der Waals surface area contributed by atoms with Crippen LogP contribution in [0, 0.1) is 0 Å². The first-order valence-electron chi connectivity index (χ1n) is 6.55. The molecule has 1 saturated heterocycles. The monoisotopic (exact) mass is 257 g/mol. The van der Waals surface area contributed by atoms with Crippen molar-refractivity contribution in [2.24, 2.45) is 0 Å². The number of hydrogen-bond donors (Lipinski definition) is 3. The van der Waals surface area contributed by atoms with Crippen LogP contribution >= 0.6 is 0 Å². The van der Waals surface area contributed by atoms with Crippen molar-refractivity contribution in [3.63, 3.8) is 0 Å². The molecule has 2 unspecified atom stereocenters. The van der Waals surface area contributed by atoms with E-state index in [1.165, 1.54) is 6.42 Å². The number of hydrogen-bond acceptors (Lipinski definition) is 3. The third kappa shape index (κ3) is 4.91. The van der Waals surface area contributed by atoms with Gasteiger partial charge in [0.15, 0.2) is 0 Å². The Morgan fingerprint density at radius 1 is 1.28 bits per heavy atom. The van der Waals surface area contributed by atoms with Gasteiger partial charge in [0.2, 0.25) is 0 Å². The first-order chi connectivity index (χ1) is 8.50. The van der Waals surface area contributed by atoms with E-state index in [-0.39, 0.29) is 12.5 Å². The molecule has 0 saturated carbocycles. The summed E-state index contributed by atoms with van der Waals surface area (Å²) >= 11 is 0. The topological polar surface area (TPSA) is 81.7 Å². The molecule has 1 aliphatic rings. The molecule has 2 amide bonds. The van der Waals surface area contributed by atoms with Crippen molar-refractivity contribution in [3.8, 4) is 0 Å². The third-order valence-electron chi connectivity index (χ3n) is 3.28. The van der Waals surface area contributed by atoms with Gasteiger partial charge in [0, 0.05) is 25.0 Å². The number of nitrogens with zero attached hydrogens (tertiary/aromatic N) is 1. The number of carboxylic acid groups (broad SMARTS) is 1. The summed E-state index contributed by atoms with van der Waals surface area (Å²) in [6, 6.07) is 0.443. The van der Waals surface area contributed by atoms with Gasteiger partial charge in [0.1, 0.15) is 0 Å². The van der Waals surface area contributed by atoms with Crippen LogP contribution in [0.5, 0.6) is 0 Å². The van der Waals surface area contributed by atoms with Crippen molar-refractivity contribution < 1.29 is 14.7 Å². The van der Waals surface area contributed by atoms with Gasteiger partial charge in [-0.05, 0) is 33.1 Å². The minimum absolute atomic E-state index is 0.0802. The van der Waals surface area contributed by atoms with Gasteiger partial charge in [0.05, 0.1) is 0 Å². The maximum Gasteiger partial charge on any atom is 0.329 e. The molecule has 1 heterocycles. The number of amides is 2. The van der Waals surface area contributed by atoms with E-state index < -0.39 is 5.97 Å². The fraction of sp³-hybridized carbons (Fsp3) is 0.833. The van der Waals surface area contributed by atoms with Crippen LogP contribution < -0.4 is 10.7 Å². The standard InChI is InChI=1S/C12H23N3O3/c1-9-5-3-6-10(2)15(9)14-12(18)13-8-4-7-11(16)17/h9-10H,3-8H2,1-2H3,(H,16,17)(H2,13,14,18). The van der Waals surface area contributed by atoms with Crippen LogP contribution in [0.25, 0.3) is 0 Å². The van der Waals surface area contributed by atoms with Gasteiger partial charge >= 0.3 is 12.0 Å². The van der Waals surface area contributed by atoms with E-state index in [9.17, 15) is 9.59 Å². The summed E-state index contributed by atoms with van der Waals surface area (Å²) in [7, 11) is 0. The quantitative estimate of drug-likeness (QED) is 0.649.